The maximum atomic E-state index is 11.8. The molecule has 3 heteroatoms. The summed E-state index contributed by atoms with van der Waals surface area (Å²) in [4.78, 5) is 11.8. The van der Waals surface area contributed by atoms with Crippen LogP contribution in [0.1, 0.15) is 33.6 Å². The molecule has 0 atom stereocenters. The fraction of sp³-hybridized carbons (Fsp3) is 0.900. The summed E-state index contributed by atoms with van der Waals surface area (Å²) >= 11 is 0. The molecular weight excluding hydrogens is 180 g/mol. The summed E-state index contributed by atoms with van der Waals surface area (Å²) in [6.45, 7) is 10.8. The zero-order valence-electron chi connectivity index (χ0n) is 9.48. The average Bonchev–Trinajstić information content (AvgIpc) is 1.97. The van der Waals surface area contributed by atoms with Crippen molar-refractivity contribution >= 4 is 13.5 Å². The van der Waals surface area contributed by atoms with Gasteiger partial charge in [-0.15, -0.1) is 0 Å². The van der Waals surface area contributed by atoms with Gasteiger partial charge in [-0.25, -0.2) is 0 Å². The molecule has 0 heterocycles. The van der Waals surface area contributed by atoms with Crippen LogP contribution in [0.2, 0.25) is 18.1 Å². The van der Waals surface area contributed by atoms with Crippen molar-refractivity contribution in [2.75, 3.05) is 6.61 Å². The van der Waals surface area contributed by atoms with Crippen LogP contribution in [0.25, 0.3) is 0 Å². The zero-order chi connectivity index (χ0) is 10.7. The lowest BCUT2D eigenvalue weighted by atomic mass is 10.2. The highest BCUT2D eigenvalue weighted by Crippen LogP contribution is 2.37. The Morgan fingerprint density at radius 3 is 2.08 bits per heavy atom. The highest BCUT2D eigenvalue weighted by atomic mass is 28.3. The van der Waals surface area contributed by atoms with E-state index in [-0.39, 0.29) is 11.6 Å². The molecule has 0 saturated heterocycles. The average molecular weight is 202 g/mol. The van der Waals surface area contributed by atoms with Gasteiger partial charge in [0.2, 0.25) is 0 Å². The van der Waals surface area contributed by atoms with Gasteiger partial charge in [-0.3, -0.25) is 0 Å². The smallest absolute Gasteiger partial charge is 0.132 e. The second-order valence-corrected chi connectivity index (χ2v) is 10.4. The number of rotatable bonds is 4. The van der Waals surface area contributed by atoms with E-state index in [9.17, 15) is 4.79 Å². The van der Waals surface area contributed by atoms with Crippen LogP contribution < -0.4 is 0 Å². The summed E-state index contributed by atoms with van der Waals surface area (Å²) in [5.74, 6) is 0. The molecule has 0 aromatic carbocycles. The quantitative estimate of drug-likeness (QED) is 0.711. The van der Waals surface area contributed by atoms with Gasteiger partial charge in [-0.05, 0) is 11.5 Å². The van der Waals surface area contributed by atoms with Crippen molar-refractivity contribution in [1.82, 2.24) is 0 Å². The molecule has 0 aliphatic rings. The fourth-order valence-corrected chi connectivity index (χ4v) is 2.61. The minimum atomic E-state index is -1.80. The molecule has 0 aliphatic heterocycles. The third kappa shape index (κ3) is 3.23. The summed E-state index contributed by atoms with van der Waals surface area (Å²) < 4.78 is 0. The number of aliphatic hydroxyl groups excluding tert-OH is 1. The van der Waals surface area contributed by atoms with Crippen LogP contribution >= 0.6 is 0 Å². The van der Waals surface area contributed by atoms with Gasteiger partial charge in [0.25, 0.3) is 0 Å². The monoisotopic (exact) mass is 202 g/mol. The van der Waals surface area contributed by atoms with Crippen molar-refractivity contribution < 1.29 is 9.90 Å². The predicted molar refractivity (Wildman–Crippen MR) is 58.5 cm³/mol. The molecule has 1 N–H and O–H groups in total. The number of hydrogen-bond acceptors (Lipinski definition) is 2. The Bertz CT molecular complexity index is 180. The topological polar surface area (TPSA) is 37.3 Å². The minimum absolute atomic E-state index is 0.125. The minimum Gasteiger partial charge on any atom is -0.396 e. The molecule has 0 unspecified atom stereocenters. The summed E-state index contributed by atoms with van der Waals surface area (Å²) in [6.07, 6.45) is 1.17. The van der Waals surface area contributed by atoms with Crippen molar-refractivity contribution in [2.24, 2.45) is 0 Å². The highest BCUT2D eigenvalue weighted by Gasteiger charge is 2.41. The van der Waals surface area contributed by atoms with Gasteiger partial charge >= 0.3 is 0 Å². The molecule has 0 spiro atoms. The van der Waals surface area contributed by atoms with E-state index < -0.39 is 8.07 Å². The van der Waals surface area contributed by atoms with E-state index in [1.807, 2.05) is 0 Å². The maximum absolute atomic E-state index is 11.8. The molecule has 0 radical (unpaired) electrons. The standard InChI is InChI=1S/C10H22O2Si/c1-10(2,3)13(4,5)9(12)7-6-8-11/h11H,6-8H2,1-5H3. The first kappa shape index (κ1) is 12.8. The van der Waals surface area contributed by atoms with Gasteiger partial charge in [0.05, 0.1) is 0 Å². The summed E-state index contributed by atoms with van der Waals surface area (Å²) in [6, 6.07) is 0. The maximum Gasteiger partial charge on any atom is 0.132 e. The second-order valence-electron chi connectivity index (χ2n) is 5.13. The second kappa shape index (κ2) is 4.38. The first-order valence-corrected chi connectivity index (χ1v) is 7.87. The summed E-state index contributed by atoms with van der Waals surface area (Å²) in [5.41, 5.74) is 0. The molecule has 13 heavy (non-hydrogen) atoms. The van der Waals surface area contributed by atoms with Crippen molar-refractivity contribution in [1.29, 1.82) is 0 Å². The van der Waals surface area contributed by atoms with Crippen LogP contribution in [-0.4, -0.2) is 25.2 Å². The molecular formula is C10H22O2Si. The van der Waals surface area contributed by atoms with E-state index in [0.29, 0.717) is 18.2 Å². The van der Waals surface area contributed by atoms with Crippen molar-refractivity contribution in [3.8, 4) is 0 Å². The Balaban J connectivity index is 4.37. The fourth-order valence-electron chi connectivity index (χ4n) is 0.970. The molecule has 0 rings (SSSR count). The van der Waals surface area contributed by atoms with Gasteiger partial charge in [0.1, 0.15) is 13.5 Å². The summed E-state index contributed by atoms with van der Waals surface area (Å²) in [5, 5.41) is 9.15. The molecule has 0 aromatic heterocycles. The van der Waals surface area contributed by atoms with Gasteiger partial charge < -0.3 is 9.90 Å². The Hall–Kier alpha value is -0.153. The lowest BCUT2D eigenvalue weighted by Gasteiger charge is -2.35. The zero-order valence-corrected chi connectivity index (χ0v) is 10.5. The molecule has 78 valence electrons. The molecule has 0 aliphatic carbocycles. The third-order valence-electron chi connectivity index (χ3n) is 3.13. The van der Waals surface area contributed by atoms with E-state index in [1.165, 1.54) is 0 Å². The largest absolute Gasteiger partial charge is 0.396 e. The third-order valence-corrected chi connectivity index (χ3v) is 8.53. The van der Waals surface area contributed by atoms with Crippen LogP contribution in [0, 0.1) is 0 Å². The van der Waals surface area contributed by atoms with E-state index in [1.54, 1.807) is 0 Å². The molecule has 0 saturated carbocycles. The van der Waals surface area contributed by atoms with Crippen molar-refractivity contribution in [3.05, 3.63) is 0 Å². The Kier molecular flexibility index (Phi) is 4.32. The van der Waals surface area contributed by atoms with Crippen molar-refractivity contribution in [2.45, 2.75) is 51.7 Å². The Labute approximate surface area is 82.4 Å². The Morgan fingerprint density at radius 1 is 1.31 bits per heavy atom. The Morgan fingerprint density at radius 2 is 1.77 bits per heavy atom. The number of carbonyl (C=O) groups excluding carboxylic acids is 1. The molecule has 2 nitrogen and oxygen atoms in total. The molecule has 0 fully saturated rings. The van der Waals surface area contributed by atoms with E-state index >= 15 is 0 Å². The number of carbonyl (C=O) groups is 1. The van der Waals surface area contributed by atoms with E-state index in [0.717, 1.165) is 0 Å². The molecule has 0 bridgehead atoms. The number of aliphatic hydroxyl groups is 1. The number of hydrogen-bond donors (Lipinski definition) is 1. The predicted octanol–water partition coefficient (Wildman–Crippen LogP) is 2.38. The van der Waals surface area contributed by atoms with Crippen molar-refractivity contribution in [3.63, 3.8) is 0 Å². The molecule has 0 aromatic rings. The highest BCUT2D eigenvalue weighted by molar-refractivity contribution is 7.06. The molecule has 0 amide bonds. The van der Waals surface area contributed by atoms with Crippen LogP contribution in [0.4, 0.5) is 0 Å². The normalized spacial score (nSPS) is 13.1. The van der Waals surface area contributed by atoms with Crippen LogP contribution in [0.15, 0.2) is 0 Å². The van der Waals surface area contributed by atoms with Gasteiger partial charge in [-0.2, -0.15) is 0 Å². The van der Waals surface area contributed by atoms with Gasteiger partial charge in [0, 0.05) is 13.0 Å². The summed E-state index contributed by atoms with van der Waals surface area (Å²) in [7, 11) is -1.80. The van der Waals surface area contributed by atoms with Gasteiger partial charge in [-0.1, -0.05) is 33.9 Å². The lowest BCUT2D eigenvalue weighted by Crippen LogP contribution is -2.46. The van der Waals surface area contributed by atoms with Gasteiger partial charge in [0.15, 0.2) is 0 Å². The lowest BCUT2D eigenvalue weighted by molar-refractivity contribution is -0.113. The first-order chi connectivity index (χ1) is 5.73. The van der Waals surface area contributed by atoms with Crippen LogP contribution in [-0.2, 0) is 4.79 Å². The SMILES string of the molecule is CC(C)(C)[Si](C)(C)C(=O)CCCO. The van der Waals surface area contributed by atoms with E-state index in [4.69, 9.17) is 5.11 Å². The van der Waals surface area contributed by atoms with E-state index in [2.05, 4.69) is 33.9 Å². The first-order valence-electron chi connectivity index (χ1n) is 4.87. The van der Waals surface area contributed by atoms with Crippen LogP contribution in [0.5, 0.6) is 0 Å². The van der Waals surface area contributed by atoms with Crippen LogP contribution in [0.3, 0.4) is 0 Å².